The van der Waals surface area contributed by atoms with E-state index in [1.165, 1.54) is 11.5 Å². The zero-order chi connectivity index (χ0) is 14.6. The fourth-order valence-corrected chi connectivity index (χ4v) is 2.42. The predicted molar refractivity (Wildman–Crippen MR) is 63.1 cm³/mol. The molecule has 0 spiro atoms. The first-order valence-corrected chi connectivity index (χ1v) is 6.58. The number of aryl methyl sites for hydroxylation is 1. The highest BCUT2D eigenvalue weighted by Gasteiger charge is 2.32. The summed E-state index contributed by atoms with van der Waals surface area (Å²) in [6.45, 7) is 3.17. The van der Waals surface area contributed by atoms with E-state index in [1.807, 2.05) is 0 Å². The number of thioether (sulfide) groups is 1. The van der Waals surface area contributed by atoms with Gasteiger partial charge in [-0.2, -0.15) is 13.2 Å². The largest absolute Gasteiger partial charge is 0.481 e. The van der Waals surface area contributed by atoms with Crippen molar-refractivity contribution < 1.29 is 23.1 Å². The van der Waals surface area contributed by atoms with Gasteiger partial charge in [0.05, 0.1) is 12.2 Å². The van der Waals surface area contributed by atoms with Crippen molar-refractivity contribution in [1.29, 1.82) is 0 Å². The van der Waals surface area contributed by atoms with Gasteiger partial charge >= 0.3 is 12.1 Å². The Morgan fingerprint density at radius 3 is 2.58 bits per heavy atom. The molecule has 1 N–H and O–H groups in total. The Morgan fingerprint density at radius 2 is 2.11 bits per heavy atom. The van der Waals surface area contributed by atoms with Crippen molar-refractivity contribution >= 4 is 17.7 Å². The molecule has 0 saturated carbocycles. The van der Waals surface area contributed by atoms with Gasteiger partial charge in [0.15, 0.2) is 5.16 Å². The lowest BCUT2D eigenvalue weighted by molar-refractivity contribution is -0.142. The molecule has 0 aliphatic carbocycles. The third-order valence-corrected chi connectivity index (χ3v) is 3.27. The summed E-state index contributed by atoms with van der Waals surface area (Å²) >= 11 is 0.868. The highest BCUT2D eigenvalue weighted by atomic mass is 32.2. The molecule has 1 aromatic heterocycles. The van der Waals surface area contributed by atoms with E-state index in [2.05, 4.69) is 10.2 Å². The number of hydrogen-bond donors (Lipinski definition) is 1. The standard InChI is InChI=1S/C10H14F3N3O2S/c1-3-7-14-15-9(19-5-8(17)18)16(7)6(2)4-10(11,12)13/h6H,3-5H2,1-2H3,(H,17,18). The average molecular weight is 297 g/mol. The van der Waals surface area contributed by atoms with Gasteiger partial charge in [0, 0.05) is 12.5 Å². The number of aliphatic carboxylic acids is 1. The van der Waals surface area contributed by atoms with Gasteiger partial charge in [0.25, 0.3) is 0 Å². The van der Waals surface area contributed by atoms with Gasteiger partial charge in [0.2, 0.25) is 0 Å². The predicted octanol–water partition coefficient (Wildman–Crippen LogP) is 2.53. The highest BCUT2D eigenvalue weighted by molar-refractivity contribution is 7.99. The van der Waals surface area contributed by atoms with Gasteiger partial charge in [-0.15, -0.1) is 10.2 Å². The first-order valence-electron chi connectivity index (χ1n) is 5.59. The maximum atomic E-state index is 12.4. The van der Waals surface area contributed by atoms with Gasteiger partial charge in [-0.3, -0.25) is 4.79 Å². The average Bonchev–Trinajstić information content (AvgIpc) is 2.66. The summed E-state index contributed by atoms with van der Waals surface area (Å²) in [5.41, 5.74) is 0. The van der Waals surface area contributed by atoms with Crippen LogP contribution in [-0.2, 0) is 11.2 Å². The molecule has 1 atom stereocenters. The Hall–Kier alpha value is -1.25. The number of rotatable bonds is 6. The molecule has 1 unspecified atom stereocenters. The number of carbonyl (C=O) groups is 1. The number of halogens is 3. The van der Waals surface area contributed by atoms with E-state index in [1.54, 1.807) is 6.92 Å². The number of carboxylic acid groups (broad SMARTS) is 1. The summed E-state index contributed by atoms with van der Waals surface area (Å²) in [5.74, 6) is -0.897. The lowest BCUT2D eigenvalue weighted by Crippen LogP contribution is -2.19. The summed E-state index contributed by atoms with van der Waals surface area (Å²) in [7, 11) is 0. The number of hydrogen-bond acceptors (Lipinski definition) is 4. The van der Waals surface area contributed by atoms with Crippen molar-refractivity contribution in [3.05, 3.63) is 5.82 Å². The van der Waals surface area contributed by atoms with Crippen LogP contribution in [0.5, 0.6) is 0 Å². The Balaban J connectivity index is 2.95. The quantitative estimate of drug-likeness (QED) is 0.817. The fraction of sp³-hybridized carbons (Fsp3) is 0.700. The summed E-state index contributed by atoms with van der Waals surface area (Å²) < 4.78 is 38.6. The molecule has 0 saturated heterocycles. The molecular formula is C10H14F3N3O2S. The van der Waals surface area contributed by atoms with Gasteiger partial charge in [0.1, 0.15) is 5.82 Å². The van der Waals surface area contributed by atoms with Crippen LogP contribution in [0.2, 0.25) is 0 Å². The fourth-order valence-electron chi connectivity index (χ4n) is 1.64. The van der Waals surface area contributed by atoms with Crippen molar-refractivity contribution in [2.45, 2.75) is 44.1 Å². The van der Waals surface area contributed by atoms with E-state index in [4.69, 9.17) is 5.11 Å². The van der Waals surface area contributed by atoms with Crippen LogP contribution in [0.4, 0.5) is 13.2 Å². The van der Waals surface area contributed by atoms with Crippen molar-refractivity contribution in [1.82, 2.24) is 14.8 Å². The van der Waals surface area contributed by atoms with E-state index in [9.17, 15) is 18.0 Å². The molecule has 0 amide bonds. The van der Waals surface area contributed by atoms with E-state index >= 15 is 0 Å². The smallest absolute Gasteiger partial charge is 0.391 e. The monoisotopic (exact) mass is 297 g/mol. The lowest BCUT2D eigenvalue weighted by atomic mass is 10.2. The summed E-state index contributed by atoms with van der Waals surface area (Å²) in [4.78, 5) is 10.5. The Kier molecular flexibility index (Phi) is 5.21. The molecule has 9 heteroatoms. The highest BCUT2D eigenvalue weighted by Crippen LogP contribution is 2.31. The molecule has 0 aromatic carbocycles. The molecule has 1 rings (SSSR count). The van der Waals surface area contributed by atoms with Crippen molar-refractivity contribution in [3.63, 3.8) is 0 Å². The second kappa shape index (κ2) is 6.27. The van der Waals surface area contributed by atoms with Gasteiger partial charge in [-0.25, -0.2) is 0 Å². The summed E-state index contributed by atoms with van der Waals surface area (Å²) in [6, 6.07) is -0.860. The second-order valence-electron chi connectivity index (χ2n) is 3.97. The van der Waals surface area contributed by atoms with E-state index < -0.39 is 24.6 Å². The van der Waals surface area contributed by atoms with Gasteiger partial charge in [-0.1, -0.05) is 18.7 Å². The first kappa shape index (κ1) is 15.8. The summed E-state index contributed by atoms with van der Waals surface area (Å²) in [5, 5.41) is 16.4. The number of alkyl halides is 3. The first-order chi connectivity index (χ1) is 8.74. The summed E-state index contributed by atoms with van der Waals surface area (Å²) in [6.07, 6.45) is -4.86. The Bertz CT molecular complexity index is 448. The van der Waals surface area contributed by atoms with E-state index in [-0.39, 0.29) is 10.9 Å². The van der Waals surface area contributed by atoms with Gasteiger partial charge < -0.3 is 9.67 Å². The number of aromatic nitrogens is 3. The van der Waals surface area contributed by atoms with Crippen molar-refractivity contribution in [3.8, 4) is 0 Å². The van der Waals surface area contributed by atoms with Crippen LogP contribution in [0, 0.1) is 0 Å². The van der Waals surface area contributed by atoms with Crippen molar-refractivity contribution in [2.75, 3.05) is 5.75 Å². The zero-order valence-electron chi connectivity index (χ0n) is 10.4. The van der Waals surface area contributed by atoms with Crippen LogP contribution < -0.4 is 0 Å². The molecule has 0 fully saturated rings. The Labute approximate surface area is 112 Å². The molecule has 1 heterocycles. The molecule has 0 aliphatic rings. The molecule has 0 radical (unpaired) electrons. The minimum absolute atomic E-state index is 0.205. The SMILES string of the molecule is CCc1nnc(SCC(=O)O)n1C(C)CC(F)(F)F. The third kappa shape index (κ3) is 4.73. The van der Waals surface area contributed by atoms with E-state index in [0.717, 1.165) is 11.8 Å². The maximum Gasteiger partial charge on any atom is 0.391 e. The second-order valence-corrected chi connectivity index (χ2v) is 4.92. The molecule has 1 aromatic rings. The van der Waals surface area contributed by atoms with Crippen LogP contribution in [-0.4, -0.2) is 37.8 Å². The van der Waals surface area contributed by atoms with Crippen LogP contribution in [0.25, 0.3) is 0 Å². The molecule has 5 nitrogen and oxygen atoms in total. The van der Waals surface area contributed by atoms with Crippen LogP contribution in [0.3, 0.4) is 0 Å². The topological polar surface area (TPSA) is 68.0 Å². The maximum absolute atomic E-state index is 12.4. The van der Waals surface area contributed by atoms with Gasteiger partial charge in [-0.05, 0) is 6.92 Å². The third-order valence-electron chi connectivity index (χ3n) is 2.34. The van der Waals surface area contributed by atoms with Crippen LogP contribution >= 0.6 is 11.8 Å². The molecular weight excluding hydrogens is 283 g/mol. The molecule has 0 bridgehead atoms. The number of nitrogens with zero attached hydrogens (tertiary/aromatic N) is 3. The zero-order valence-corrected chi connectivity index (χ0v) is 11.3. The van der Waals surface area contributed by atoms with Crippen molar-refractivity contribution in [2.24, 2.45) is 0 Å². The lowest BCUT2D eigenvalue weighted by Gasteiger charge is -2.18. The normalized spacial score (nSPS) is 13.5. The van der Waals surface area contributed by atoms with E-state index in [0.29, 0.717) is 12.2 Å². The van der Waals surface area contributed by atoms with Crippen LogP contribution in [0.15, 0.2) is 5.16 Å². The number of carboxylic acids is 1. The molecule has 19 heavy (non-hydrogen) atoms. The Morgan fingerprint density at radius 1 is 1.47 bits per heavy atom. The minimum atomic E-state index is -4.29. The minimum Gasteiger partial charge on any atom is -0.481 e. The molecule has 108 valence electrons. The molecule has 0 aliphatic heterocycles. The van der Waals surface area contributed by atoms with Crippen LogP contribution in [0.1, 0.15) is 32.1 Å².